The summed E-state index contributed by atoms with van der Waals surface area (Å²) in [6, 6.07) is 3.61. The highest BCUT2D eigenvalue weighted by atomic mass is 16.6. The first-order chi connectivity index (χ1) is 7.58. The molecule has 0 aliphatic carbocycles. The molecule has 5 heteroatoms. The van der Waals surface area contributed by atoms with Gasteiger partial charge in [0.1, 0.15) is 11.5 Å². The van der Waals surface area contributed by atoms with Crippen LogP contribution in [-0.4, -0.2) is 25.7 Å². The molecule has 88 valence electrons. The number of hydrogen-bond acceptors (Lipinski definition) is 4. The van der Waals surface area contributed by atoms with Gasteiger partial charge in [0.15, 0.2) is 0 Å². The van der Waals surface area contributed by atoms with Gasteiger partial charge in [0, 0.05) is 16.9 Å². The van der Waals surface area contributed by atoms with Gasteiger partial charge in [0.05, 0.1) is 14.2 Å². The predicted molar refractivity (Wildman–Crippen MR) is 59.8 cm³/mol. The highest BCUT2D eigenvalue weighted by Gasteiger charge is 2.09. The van der Waals surface area contributed by atoms with E-state index in [0.717, 1.165) is 11.1 Å². The molecule has 0 fully saturated rings. The van der Waals surface area contributed by atoms with Gasteiger partial charge in [-0.05, 0) is 24.6 Å². The number of methoxy groups -OCH3 is 2. The molecule has 0 spiro atoms. The fourth-order valence-electron chi connectivity index (χ4n) is 1.51. The summed E-state index contributed by atoms with van der Waals surface area (Å²) in [5, 5.41) is 10.3. The van der Waals surface area contributed by atoms with E-state index < -0.39 is 0 Å². The largest absolute Gasteiger partial charge is 0.496 e. The topological polar surface area (TPSA) is 61.6 Å². The van der Waals surface area contributed by atoms with E-state index in [1.165, 1.54) is 0 Å². The van der Waals surface area contributed by atoms with Gasteiger partial charge in [0.25, 0.3) is 0 Å². The Balaban J connectivity index is 2.97. The molecule has 0 N–H and O–H groups in total. The van der Waals surface area contributed by atoms with Gasteiger partial charge in [-0.1, -0.05) is 0 Å². The Morgan fingerprint density at radius 1 is 1.25 bits per heavy atom. The lowest BCUT2D eigenvalue weighted by Crippen LogP contribution is -2.05. The van der Waals surface area contributed by atoms with Crippen molar-refractivity contribution in [1.82, 2.24) is 0 Å². The molecular formula is C11H15NO4. The summed E-state index contributed by atoms with van der Waals surface area (Å²) in [6.45, 7) is 1.80. The van der Waals surface area contributed by atoms with Crippen LogP contribution in [0.4, 0.5) is 0 Å². The van der Waals surface area contributed by atoms with E-state index in [-0.39, 0.29) is 11.5 Å². The van der Waals surface area contributed by atoms with Crippen LogP contribution in [0.5, 0.6) is 11.5 Å². The van der Waals surface area contributed by atoms with E-state index in [9.17, 15) is 10.1 Å². The molecule has 0 aromatic heterocycles. The Morgan fingerprint density at radius 3 is 2.12 bits per heavy atom. The maximum absolute atomic E-state index is 10.3. The number of hydrogen-bond donors (Lipinski definition) is 0. The molecule has 1 aromatic carbocycles. The lowest BCUT2D eigenvalue weighted by Gasteiger charge is -2.11. The van der Waals surface area contributed by atoms with Crippen molar-refractivity contribution in [3.8, 4) is 11.5 Å². The normalized spacial score (nSPS) is 9.94. The van der Waals surface area contributed by atoms with Crippen LogP contribution in [0.15, 0.2) is 12.1 Å². The van der Waals surface area contributed by atoms with Gasteiger partial charge in [-0.25, -0.2) is 0 Å². The third-order valence-corrected chi connectivity index (χ3v) is 2.40. The molecular weight excluding hydrogens is 210 g/mol. The van der Waals surface area contributed by atoms with E-state index in [1.54, 1.807) is 26.4 Å². The predicted octanol–water partition coefficient (Wildman–Crippen LogP) is 1.83. The van der Waals surface area contributed by atoms with Gasteiger partial charge in [-0.15, -0.1) is 0 Å². The van der Waals surface area contributed by atoms with Crippen LogP contribution in [0.3, 0.4) is 0 Å². The average molecular weight is 225 g/mol. The van der Waals surface area contributed by atoms with Crippen LogP contribution in [0.1, 0.15) is 11.1 Å². The molecule has 0 heterocycles. The molecule has 1 aromatic rings. The smallest absolute Gasteiger partial charge is 0.207 e. The first-order valence-electron chi connectivity index (χ1n) is 4.91. The summed E-state index contributed by atoms with van der Waals surface area (Å²) in [6.07, 6.45) is 0.375. The molecule has 1 rings (SSSR count). The van der Waals surface area contributed by atoms with E-state index in [0.29, 0.717) is 17.9 Å². The minimum Gasteiger partial charge on any atom is -0.496 e. The van der Waals surface area contributed by atoms with E-state index in [2.05, 4.69) is 0 Å². The second-order valence-electron chi connectivity index (χ2n) is 3.43. The highest BCUT2D eigenvalue weighted by molar-refractivity contribution is 5.47. The molecule has 0 atom stereocenters. The molecule has 16 heavy (non-hydrogen) atoms. The highest BCUT2D eigenvalue weighted by Crippen LogP contribution is 2.29. The zero-order valence-corrected chi connectivity index (χ0v) is 9.65. The Labute approximate surface area is 94.1 Å². The monoisotopic (exact) mass is 225 g/mol. The zero-order chi connectivity index (χ0) is 12.1. The molecule has 0 unspecified atom stereocenters. The van der Waals surface area contributed by atoms with Gasteiger partial charge in [-0.2, -0.15) is 0 Å². The van der Waals surface area contributed by atoms with Crippen molar-refractivity contribution in [1.29, 1.82) is 0 Å². The van der Waals surface area contributed by atoms with Gasteiger partial charge in [-0.3, -0.25) is 10.1 Å². The molecule has 0 aliphatic heterocycles. The lowest BCUT2D eigenvalue weighted by atomic mass is 10.1. The SMILES string of the molecule is COc1cc(CC[N+](=O)[O-])cc(OC)c1C. The average Bonchev–Trinajstić information content (AvgIpc) is 2.27. The number of nitro groups is 1. The summed E-state index contributed by atoms with van der Waals surface area (Å²) in [5.41, 5.74) is 1.74. The van der Waals surface area contributed by atoms with Crippen LogP contribution in [0.25, 0.3) is 0 Å². The van der Waals surface area contributed by atoms with Crippen LogP contribution < -0.4 is 9.47 Å². The van der Waals surface area contributed by atoms with Crippen molar-refractivity contribution >= 4 is 0 Å². The number of benzene rings is 1. The Bertz CT molecular complexity index is 365. The first kappa shape index (κ1) is 12.3. The molecule has 0 saturated carbocycles. The van der Waals surface area contributed by atoms with Crippen molar-refractivity contribution in [2.24, 2.45) is 0 Å². The number of ether oxygens (including phenoxy) is 2. The van der Waals surface area contributed by atoms with Crippen LogP contribution in [-0.2, 0) is 6.42 Å². The van der Waals surface area contributed by atoms with Crippen LogP contribution in [0.2, 0.25) is 0 Å². The second-order valence-corrected chi connectivity index (χ2v) is 3.43. The van der Waals surface area contributed by atoms with Crippen molar-refractivity contribution in [2.45, 2.75) is 13.3 Å². The van der Waals surface area contributed by atoms with Crippen molar-refractivity contribution in [3.63, 3.8) is 0 Å². The molecule has 0 radical (unpaired) electrons. The van der Waals surface area contributed by atoms with Crippen molar-refractivity contribution in [3.05, 3.63) is 33.4 Å². The quantitative estimate of drug-likeness (QED) is 0.566. The fourth-order valence-corrected chi connectivity index (χ4v) is 1.51. The lowest BCUT2D eigenvalue weighted by molar-refractivity contribution is -0.479. The van der Waals surface area contributed by atoms with Gasteiger partial charge < -0.3 is 9.47 Å². The third kappa shape index (κ3) is 2.85. The second kappa shape index (κ2) is 5.34. The molecule has 5 nitrogen and oxygen atoms in total. The van der Waals surface area contributed by atoms with Crippen molar-refractivity contribution in [2.75, 3.05) is 20.8 Å². The summed E-state index contributed by atoms with van der Waals surface area (Å²) in [4.78, 5) is 9.96. The van der Waals surface area contributed by atoms with E-state index in [1.807, 2.05) is 6.92 Å². The molecule has 0 amide bonds. The number of rotatable bonds is 5. The van der Waals surface area contributed by atoms with E-state index >= 15 is 0 Å². The summed E-state index contributed by atoms with van der Waals surface area (Å²) in [5.74, 6) is 1.38. The zero-order valence-electron chi connectivity index (χ0n) is 9.65. The number of nitrogens with zero attached hydrogens (tertiary/aromatic N) is 1. The summed E-state index contributed by atoms with van der Waals surface area (Å²) in [7, 11) is 3.14. The van der Waals surface area contributed by atoms with Crippen LogP contribution in [0, 0.1) is 17.0 Å². The first-order valence-corrected chi connectivity index (χ1v) is 4.91. The standard InChI is InChI=1S/C11H15NO4/c1-8-10(15-2)6-9(4-5-12(13)14)7-11(8)16-3/h6-7H,4-5H2,1-3H3. The molecule has 0 saturated heterocycles. The van der Waals surface area contributed by atoms with Crippen LogP contribution >= 0.6 is 0 Å². The van der Waals surface area contributed by atoms with Gasteiger partial charge in [0.2, 0.25) is 6.54 Å². The Morgan fingerprint density at radius 2 is 1.75 bits per heavy atom. The molecule has 0 aliphatic rings. The maximum Gasteiger partial charge on any atom is 0.207 e. The molecule has 0 bridgehead atoms. The van der Waals surface area contributed by atoms with Crippen molar-refractivity contribution < 1.29 is 14.4 Å². The minimum absolute atomic E-state index is 0.0879. The minimum atomic E-state index is -0.335. The summed E-state index contributed by atoms with van der Waals surface area (Å²) >= 11 is 0. The van der Waals surface area contributed by atoms with Gasteiger partial charge >= 0.3 is 0 Å². The fraction of sp³-hybridized carbons (Fsp3) is 0.455. The Kier molecular flexibility index (Phi) is 4.10. The third-order valence-electron chi connectivity index (χ3n) is 2.40. The van der Waals surface area contributed by atoms with E-state index in [4.69, 9.17) is 9.47 Å². The Hall–Kier alpha value is -1.78. The maximum atomic E-state index is 10.3. The summed E-state index contributed by atoms with van der Waals surface area (Å²) < 4.78 is 10.4.